The Morgan fingerprint density at radius 2 is 1.71 bits per heavy atom. The Hall–Kier alpha value is -1.75. The lowest BCUT2D eigenvalue weighted by Gasteiger charge is -2.08. The number of nitrogens with one attached hydrogen (secondary N) is 2. The molecular weight excluding hydrogens is 292 g/mol. The van der Waals surface area contributed by atoms with Crippen molar-refractivity contribution >= 4 is 23.4 Å². The predicted octanol–water partition coefficient (Wildman–Crippen LogP) is 2.84. The van der Waals surface area contributed by atoms with E-state index in [4.69, 9.17) is 16.3 Å². The van der Waals surface area contributed by atoms with E-state index < -0.39 is 5.91 Å². The van der Waals surface area contributed by atoms with Gasteiger partial charge in [-0.3, -0.25) is 20.4 Å². The van der Waals surface area contributed by atoms with Crippen LogP contribution in [0.1, 0.15) is 39.0 Å². The SMILES string of the molecule is CCCCCCC(=O)NNC(=O)COc1ccc(Cl)cc1. The zero-order valence-corrected chi connectivity index (χ0v) is 12.9. The zero-order chi connectivity index (χ0) is 15.5. The van der Waals surface area contributed by atoms with Crippen molar-refractivity contribution in [2.75, 3.05) is 6.61 Å². The number of unbranched alkanes of at least 4 members (excludes halogenated alkanes) is 3. The van der Waals surface area contributed by atoms with Crippen LogP contribution in [0.15, 0.2) is 24.3 Å². The maximum Gasteiger partial charge on any atom is 0.276 e. The Morgan fingerprint density at radius 1 is 1.05 bits per heavy atom. The summed E-state index contributed by atoms with van der Waals surface area (Å²) in [5.74, 6) is -0.0572. The van der Waals surface area contributed by atoms with E-state index in [2.05, 4.69) is 17.8 Å². The Bertz CT molecular complexity index is 449. The van der Waals surface area contributed by atoms with Gasteiger partial charge in [0.2, 0.25) is 5.91 Å². The summed E-state index contributed by atoms with van der Waals surface area (Å²) in [5.41, 5.74) is 4.68. The molecule has 0 spiro atoms. The van der Waals surface area contributed by atoms with Crippen molar-refractivity contribution in [2.24, 2.45) is 0 Å². The van der Waals surface area contributed by atoms with Crippen LogP contribution in [0.4, 0.5) is 0 Å². The van der Waals surface area contributed by atoms with Gasteiger partial charge in [-0.15, -0.1) is 0 Å². The second kappa shape index (κ2) is 10.0. The van der Waals surface area contributed by atoms with Gasteiger partial charge in [0.1, 0.15) is 5.75 Å². The first kappa shape index (κ1) is 17.3. The first-order chi connectivity index (χ1) is 10.1. The molecule has 0 saturated heterocycles. The number of hydrogen-bond donors (Lipinski definition) is 2. The fraction of sp³-hybridized carbons (Fsp3) is 0.467. The first-order valence-corrected chi connectivity index (χ1v) is 7.45. The smallest absolute Gasteiger partial charge is 0.276 e. The van der Waals surface area contributed by atoms with E-state index in [0.717, 1.165) is 25.7 Å². The van der Waals surface area contributed by atoms with E-state index in [-0.39, 0.29) is 12.5 Å². The molecule has 0 saturated carbocycles. The van der Waals surface area contributed by atoms with Crippen molar-refractivity contribution in [3.05, 3.63) is 29.3 Å². The monoisotopic (exact) mass is 312 g/mol. The minimum Gasteiger partial charge on any atom is -0.484 e. The van der Waals surface area contributed by atoms with Crippen LogP contribution in [-0.2, 0) is 9.59 Å². The van der Waals surface area contributed by atoms with E-state index in [9.17, 15) is 9.59 Å². The molecule has 0 atom stereocenters. The van der Waals surface area contributed by atoms with E-state index in [1.807, 2.05) is 0 Å². The number of carbonyl (C=O) groups is 2. The molecule has 0 unspecified atom stereocenters. The van der Waals surface area contributed by atoms with Gasteiger partial charge in [0.05, 0.1) is 0 Å². The largest absolute Gasteiger partial charge is 0.484 e. The molecule has 2 amide bonds. The number of rotatable bonds is 8. The fourth-order valence-corrected chi connectivity index (χ4v) is 1.76. The number of amides is 2. The maximum atomic E-state index is 11.5. The molecule has 0 heterocycles. The van der Waals surface area contributed by atoms with E-state index >= 15 is 0 Å². The summed E-state index contributed by atoms with van der Waals surface area (Å²) in [5, 5.41) is 0.599. The van der Waals surface area contributed by atoms with Crippen LogP contribution in [0, 0.1) is 0 Å². The minimum absolute atomic E-state index is 0.169. The van der Waals surface area contributed by atoms with Crippen LogP contribution in [0.3, 0.4) is 0 Å². The van der Waals surface area contributed by atoms with Gasteiger partial charge in [-0.2, -0.15) is 0 Å². The van der Waals surface area contributed by atoms with Gasteiger partial charge >= 0.3 is 0 Å². The highest BCUT2D eigenvalue weighted by Crippen LogP contribution is 2.15. The Kier molecular flexibility index (Phi) is 8.28. The predicted molar refractivity (Wildman–Crippen MR) is 82.0 cm³/mol. The van der Waals surface area contributed by atoms with Gasteiger partial charge in [0, 0.05) is 11.4 Å². The Morgan fingerprint density at radius 3 is 2.38 bits per heavy atom. The van der Waals surface area contributed by atoms with Crippen molar-refractivity contribution in [1.29, 1.82) is 0 Å². The molecule has 1 aromatic rings. The van der Waals surface area contributed by atoms with Gasteiger partial charge in [-0.1, -0.05) is 37.8 Å². The lowest BCUT2D eigenvalue weighted by molar-refractivity contribution is -0.130. The van der Waals surface area contributed by atoms with E-state index in [1.54, 1.807) is 24.3 Å². The van der Waals surface area contributed by atoms with Crippen LogP contribution >= 0.6 is 11.6 Å². The average Bonchev–Trinajstić information content (AvgIpc) is 2.49. The summed E-state index contributed by atoms with van der Waals surface area (Å²) in [6, 6.07) is 6.68. The number of carbonyl (C=O) groups excluding carboxylic acids is 2. The molecule has 6 heteroatoms. The molecule has 0 aliphatic rings. The highest BCUT2D eigenvalue weighted by Gasteiger charge is 2.05. The number of ether oxygens (including phenoxy) is 1. The van der Waals surface area contributed by atoms with Crippen LogP contribution in [0.25, 0.3) is 0 Å². The van der Waals surface area contributed by atoms with E-state index in [1.165, 1.54) is 0 Å². The number of halogens is 1. The summed E-state index contributed by atoms with van der Waals surface area (Å²) in [4.78, 5) is 22.9. The third-order valence-corrected chi connectivity index (χ3v) is 3.03. The molecule has 0 radical (unpaired) electrons. The molecule has 0 fully saturated rings. The summed E-state index contributed by atoms with van der Waals surface area (Å²) in [7, 11) is 0. The summed E-state index contributed by atoms with van der Waals surface area (Å²) in [6.07, 6.45) is 4.52. The molecule has 21 heavy (non-hydrogen) atoms. The van der Waals surface area contributed by atoms with Crippen LogP contribution in [0.2, 0.25) is 5.02 Å². The molecule has 5 nitrogen and oxygen atoms in total. The molecule has 116 valence electrons. The quantitative estimate of drug-likeness (QED) is 0.573. The molecule has 2 N–H and O–H groups in total. The fourth-order valence-electron chi connectivity index (χ4n) is 1.63. The Balaban J connectivity index is 2.13. The minimum atomic E-state index is -0.410. The molecule has 1 rings (SSSR count). The molecule has 0 aliphatic heterocycles. The number of benzene rings is 1. The van der Waals surface area contributed by atoms with Crippen LogP contribution in [0.5, 0.6) is 5.75 Å². The molecule has 1 aromatic carbocycles. The first-order valence-electron chi connectivity index (χ1n) is 7.08. The van der Waals surface area contributed by atoms with Gasteiger partial charge in [0.25, 0.3) is 5.91 Å². The van der Waals surface area contributed by atoms with Crippen molar-refractivity contribution in [2.45, 2.75) is 39.0 Å². The third kappa shape index (κ3) is 8.19. The van der Waals surface area contributed by atoms with Crippen LogP contribution in [-0.4, -0.2) is 18.4 Å². The van der Waals surface area contributed by atoms with Gasteiger partial charge in [-0.25, -0.2) is 0 Å². The third-order valence-electron chi connectivity index (χ3n) is 2.78. The lowest BCUT2D eigenvalue weighted by atomic mass is 10.1. The normalized spacial score (nSPS) is 10.0. The Labute approximate surface area is 130 Å². The van der Waals surface area contributed by atoms with Crippen LogP contribution < -0.4 is 15.6 Å². The van der Waals surface area contributed by atoms with Gasteiger partial charge < -0.3 is 4.74 Å². The highest BCUT2D eigenvalue weighted by molar-refractivity contribution is 6.30. The molecule has 0 aliphatic carbocycles. The maximum absolute atomic E-state index is 11.5. The molecule has 0 bridgehead atoms. The second-order valence-corrected chi connectivity index (χ2v) is 5.09. The van der Waals surface area contributed by atoms with Crippen molar-refractivity contribution in [3.63, 3.8) is 0 Å². The number of hydrogen-bond acceptors (Lipinski definition) is 3. The standard InChI is InChI=1S/C15H21ClN2O3/c1-2-3-4-5-6-14(19)17-18-15(20)11-21-13-9-7-12(16)8-10-13/h7-10H,2-6,11H2,1H3,(H,17,19)(H,18,20). The van der Waals surface area contributed by atoms with Gasteiger partial charge in [0.15, 0.2) is 6.61 Å². The highest BCUT2D eigenvalue weighted by atomic mass is 35.5. The molecular formula is C15H21ClN2O3. The lowest BCUT2D eigenvalue weighted by Crippen LogP contribution is -2.43. The van der Waals surface area contributed by atoms with Gasteiger partial charge in [-0.05, 0) is 30.7 Å². The topological polar surface area (TPSA) is 67.4 Å². The van der Waals surface area contributed by atoms with E-state index in [0.29, 0.717) is 17.2 Å². The van der Waals surface area contributed by atoms with Crippen molar-refractivity contribution in [1.82, 2.24) is 10.9 Å². The number of hydrazine groups is 1. The summed E-state index contributed by atoms with van der Waals surface area (Å²) >= 11 is 5.74. The zero-order valence-electron chi connectivity index (χ0n) is 12.2. The average molecular weight is 313 g/mol. The van der Waals surface area contributed by atoms with Crippen molar-refractivity contribution < 1.29 is 14.3 Å². The summed E-state index contributed by atoms with van der Waals surface area (Å²) < 4.78 is 5.25. The summed E-state index contributed by atoms with van der Waals surface area (Å²) in [6.45, 7) is 1.94. The molecule has 0 aromatic heterocycles. The van der Waals surface area contributed by atoms with Crippen molar-refractivity contribution in [3.8, 4) is 5.75 Å². The second-order valence-electron chi connectivity index (χ2n) is 4.65.